The monoisotopic (exact) mass is 406 g/mol. The molecule has 1 aromatic carbocycles. The molecule has 28 heavy (non-hydrogen) atoms. The van der Waals surface area contributed by atoms with Crippen LogP contribution < -0.4 is 5.32 Å². The lowest BCUT2D eigenvalue weighted by Crippen LogP contribution is -2.50. The molecule has 1 aliphatic heterocycles. The second kappa shape index (κ2) is 9.27. The zero-order valence-corrected chi connectivity index (χ0v) is 16.1. The Labute approximate surface area is 166 Å². The van der Waals surface area contributed by atoms with Crippen molar-refractivity contribution in [3.05, 3.63) is 58.0 Å². The summed E-state index contributed by atoms with van der Waals surface area (Å²) in [7, 11) is 0. The third kappa shape index (κ3) is 4.76. The van der Waals surface area contributed by atoms with Crippen molar-refractivity contribution in [2.24, 2.45) is 0 Å². The second-order valence-corrected chi connectivity index (χ2v) is 7.78. The van der Waals surface area contributed by atoms with E-state index < -0.39 is 24.0 Å². The predicted molar refractivity (Wildman–Crippen MR) is 103 cm³/mol. The Bertz CT molecular complexity index is 797. The molecule has 6 nitrogen and oxygen atoms in total. The average Bonchev–Trinajstić information content (AvgIpc) is 3.38. The van der Waals surface area contributed by atoms with E-state index in [1.165, 1.54) is 17.0 Å². The molecule has 3 N–H and O–H groups in total. The summed E-state index contributed by atoms with van der Waals surface area (Å²) in [6.45, 7) is 0.712. The highest BCUT2D eigenvalue weighted by Gasteiger charge is 2.38. The zero-order chi connectivity index (χ0) is 20.1. The van der Waals surface area contributed by atoms with Crippen molar-refractivity contribution in [3.63, 3.8) is 0 Å². The molecule has 0 radical (unpaired) electrons. The largest absolute Gasteiger partial charge is 0.380 e. The standard InChI is InChI=1S/C20H23FN2O4S/c21-14-7-5-13(6-8-14)16-4-1-11-23(16)20(27)18(25)17(24)19(26)22-10-9-15-3-2-12-28-15/h2-3,5-8,12,16-18,24-25H,1,4,9-11H2,(H,22,26)/t16-,17+,18+/m0/s1. The average molecular weight is 406 g/mol. The fourth-order valence-corrected chi connectivity index (χ4v) is 4.09. The van der Waals surface area contributed by atoms with Gasteiger partial charge in [-0.25, -0.2) is 4.39 Å². The molecule has 1 saturated heterocycles. The lowest BCUT2D eigenvalue weighted by atomic mass is 10.0. The minimum Gasteiger partial charge on any atom is -0.380 e. The zero-order valence-electron chi connectivity index (χ0n) is 15.3. The molecule has 0 spiro atoms. The molecule has 2 heterocycles. The Balaban J connectivity index is 1.57. The molecular formula is C20H23FN2O4S. The van der Waals surface area contributed by atoms with Crippen molar-refractivity contribution in [3.8, 4) is 0 Å². The minimum absolute atomic E-state index is 0.305. The van der Waals surface area contributed by atoms with Crippen molar-refractivity contribution < 1.29 is 24.2 Å². The number of nitrogens with one attached hydrogen (secondary N) is 1. The van der Waals surface area contributed by atoms with E-state index in [-0.39, 0.29) is 11.9 Å². The van der Waals surface area contributed by atoms with Crippen LogP contribution in [0.25, 0.3) is 0 Å². The molecule has 2 aromatic rings. The number of aliphatic hydroxyl groups is 2. The van der Waals surface area contributed by atoms with Crippen LogP contribution in [0, 0.1) is 5.82 Å². The van der Waals surface area contributed by atoms with Crippen molar-refractivity contribution in [2.45, 2.75) is 37.5 Å². The Morgan fingerprint density at radius 2 is 1.96 bits per heavy atom. The van der Waals surface area contributed by atoms with Crippen LogP contribution >= 0.6 is 11.3 Å². The van der Waals surface area contributed by atoms with Gasteiger partial charge in [0, 0.05) is 18.0 Å². The van der Waals surface area contributed by atoms with E-state index in [9.17, 15) is 24.2 Å². The number of likely N-dealkylation sites (tertiary alicyclic amines) is 1. The van der Waals surface area contributed by atoms with Crippen LogP contribution in [0.2, 0.25) is 0 Å². The third-order valence-corrected chi connectivity index (χ3v) is 5.80. The summed E-state index contributed by atoms with van der Waals surface area (Å²) >= 11 is 1.56. The lowest BCUT2D eigenvalue weighted by Gasteiger charge is -2.28. The third-order valence-electron chi connectivity index (χ3n) is 4.86. The maximum Gasteiger partial charge on any atom is 0.255 e. The molecule has 0 aliphatic carbocycles. The molecule has 3 atom stereocenters. The Morgan fingerprint density at radius 3 is 2.64 bits per heavy atom. The fourth-order valence-electron chi connectivity index (χ4n) is 3.38. The van der Waals surface area contributed by atoms with E-state index in [0.29, 0.717) is 25.9 Å². The molecule has 1 fully saturated rings. The molecule has 0 unspecified atom stereocenters. The highest BCUT2D eigenvalue weighted by molar-refractivity contribution is 7.09. The molecular weight excluding hydrogens is 383 g/mol. The summed E-state index contributed by atoms with van der Waals surface area (Å²) in [5.74, 6) is -1.85. The number of carbonyl (C=O) groups is 2. The topological polar surface area (TPSA) is 89.9 Å². The predicted octanol–water partition coefficient (Wildman–Crippen LogP) is 1.63. The Morgan fingerprint density at radius 1 is 1.21 bits per heavy atom. The molecule has 3 rings (SSSR count). The number of aliphatic hydroxyl groups excluding tert-OH is 2. The Hall–Kier alpha value is -2.29. The van der Waals surface area contributed by atoms with E-state index >= 15 is 0 Å². The number of hydrogen-bond acceptors (Lipinski definition) is 5. The van der Waals surface area contributed by atoms with E-state index in [4.69, 9.17) is 0 Å². The summed E-state index contributed by atoms with van der Waals surface area (Å²) in [4.78, 5) is 27.3. The molecule has 1 aliphatic rings. The van der Waals surface area contributed by atoms with Gasteiger partial charge in [0.05, 0.1) is 6.04 Å². The van der Waals surface area contributed by atoms with Crippen molar-refractivity contribution >= 4 is 23.2 Å². The van der Waals surface area contributed by atoms with Gasteiger partial charge in [-0.1, -0.05) is 18.2 Å². The van der Waals surface area contributed by atoms with E-state index in [1.54, 1.807) is 23.5 Å². The van der Waals surface area contributed by atoms with Crippen molar-refractivity contribution in [1.82, 2.24) is 10.2 Å². The summed E-state index contributed by atoms with van der Waals surface area (Å²) in [5.41, 5.74) is 0.759. The number of thiophene rings is 1. The van der Waals surface area contributed by atoms with Gasteiger partial charge >= 0.3 is 0 Å². The maximum atomic E-state index is 13.1. The second-order valence-electron chi connectivity index (χ2n) is 6.75. The smallest absolute Gasteiger partial charge is 0.255 e. The maximum absolute atomic E-state index is 13.1. The van der Waals surface area contributed by atoms with Crippen molar-refractivity contribution in [1.29, 1.82) is 0 Å². The van der Waals surface area contributed by atoms with Gasteiger partial charge in [0.2, 0.25) is 0 Å². The normalized spacial score (nSPS) is 18.7. The van der Waals surface area contributed by atoms with Crippen LogP contribution in [0.1, 0.15) is 29.3 Å². The minimum atomic E-state index is -1.84. The first-order valence-corrected chi connectivity index (χ1v) is 10.1. The van der Waals surface area contributed by atoms with E-state index in [1.807, 2.05) is 17.5 Å². The number of rotatable bonds is 7. The summed E-state index contributed by atoms with van der Waals surface area (Å²) < 4.78 is 13.1. The molecule has 2 amide bonds. The highest BCUT2D eigenvalue weighted by Crippen LogP contribution is 2.32. The van der Waals surface area contributed by atoms with Crippen LogP contribution in [0.5, 0.6) is 0 Å². The fraction of sp³-hybridized carbons (Fsp3) is 0.400. The number of benzene rings is 1. The molecule has 150 valence electrons. The van der Waals surface area contributed by atoms with Gasteiger partial charge in [0.1, 0.15) is 5.82 Å². The number of amides is 2. The number of halogens is 1. The van der Waals surface area contributed by atoms with Gasteiger partial charge in [-0.2, -0.15) is 0 Å². The first-order chi connectivity index (χ1) is 13.5. The van der Waals surface area contributed by atoms with Crippen LogP contribution in [0.15, 0.2) is 41.8 Å². The number of nitrogens with zero attached hydrogens (tertiary/aromatic N) is 1. The van der Waals surface area contributed by atoms with Crippen LogP contribution in [-0.2, 0) is 16.0 Å². The number of carbonyl (C=O) groups excluding carboxylic acids is 2. The van der Waals surface area contributed by atoms with E-state index in [2.05, 4.69) is 5.32 Å². The van der Waals surface area contributed by atoms with Gasteiger partial charge in [-0.05, 0) is 48.4 Å². The van der Waals surface area contributed by atoms with Crippen molar-refractivity contribution in [2.75, 3.05) is 13.1 Å². The Kier molecular flexibility index (Phi) is 6.77. The van der Waals surface area contributed by atoms with Gasteiger partial charge < -0.3 is 20.4 Å². The van der Waals surface area contributed by atoms with Crippen LogP contribution in [0.4, 0.5) is 4.39 Å². The van der Waals surface area contributed by atoms with Crippen LogP contribution in [-0.4, -0.2) is 52.2 Å². The summed E-state index contributed by atoms with van der Waals surface area (Å²) in [6.07, 6.45) is -1.68. The first kappa shape index (κ1) is 20.4. The molecule has 8 heteroatoms. The van der Waals surface area contributed by atoms with Crippen LogP contribution in [0.3, 0.4) is 0 Å². The summed E-state index contributed by atoms with van der Waals surface area (Å²) in [6, 6.07) is 9.39. The molecule has 0 bridgehead atoms. The molecule has 0 saturated carbocycles. The van der Waals surface area contributed by atoms with Gasteiger partial charge in [0.15, 0.2) is 12.2 Å². The lowest BCUT2D eigenvalue weighted by molar-refractivity contribution is -0.153. The SMILES string of the molecule is O=C(NCCc1cccs1)[C@H](O)[C@@H](O)C(=O)N1CCC[C@H]1c1ccc(F)cc1. The van der Waals surface area contributed by atoms with E-state index in [0.717, 1.165) is 16.9 Å². The highest BCUT2D eigenvalue weighted by atomic mass is 32.1. The molecule has 1 aromatic heterocycles. The first-order valence-electron chi connectivity index (χ1n) is 9.19. The summed E-state index contributed by atoms with van der Waals surface area (Å²) in [5, 5.41) is 24.8. The van der Waals surface area contributed by atoms with Gasteiger partial charge in [-0.3, -0.25) is 9.59 Å². The van der Waals surface area contributed by atoms with Gasteiger partial charge in [-0.15, -0.1) is 11.3 Å². The van der Waals surface area contributed by atoms with Gasteiger partial charge in [0.25, 0.3) is 11.8 Å². The number of hydrogen-bond donors (Lipinski definition) is 3. The quantitative estimate of drug-likeness (QED) is 0.652.